The summed E-state index contributed by atoms with van der Waals surface area (Å²) in [5.41, 5.74) is 16.7. The number of thiophene rings is 1. The highest BCUT2D eigenvalue weighted by Crippen LogP contribution is 2.45. The van der Waals surface area contributed by atoms with Crippen molar-refractivity contribution in [3.05, 3.63) is 90.6 Å². The second-order valence-corrected chi connectivity index (χ2v) is 8.53. The van der Waals surface area contributed by atoms with Gasteiger partial charge in [0.05, 0.1) is 10.6 Å². The molecule has 2 aromatic carbocycles. The molecule has 0 aliphatic carbocycles. The molecule has 0 spiro atoms. The number of pyridine rings is 1. The molecule has 0 saturated carbocycles. The quantitative estimate of drug-likeness (QED) is 0.160. The number of nitrogens with zero attached hydrogens (tertiary/aromatic N) is 1. The first-order chi connectivity index (χ1) is 16.4. The predicted molar refractivity (Wildman–Crippen MR) is 138 cm³/mol. The van der Waals surface area contributed by atoms with Crippen LogP contribution in [-0.2, 0) is 4.79 Å². The summed E-state index contributed by atoms with van der Waals surface area (Å²) in [4.78, 5) is 16.8. The van der Waals surface area contributed by atoms with Crippen molar-refractivity contribution in [3.8, 4) is 33.2 Å². The molecule has 4 rings (SSSR count). The molecule has 0 saturated heterocycles. The highest BCUT2D eigenvalue weighted by Gasteiger charge is 2.21. The Bertz CT molecular complexity index is 1380. The zero-order chi connectivity index (χ0) is 24.2. The SMILES string of the molecule is C=CC(=O)Nc1ccc(-c2sc(N)c(C(=N)N)c2-c2ccc(Oc3cccc(C)n3)cc2)cc1. The van der Waals surface area contributed by atoms with Gasteiger partial charge in [-0.15, -0.1) is 11.3 Å². The molecule has 0 aliphatic rings. The molecule has 0 bridgehead atoms. The fourth-order valence-electron chi connectivity index (χ4n) is 3.48. The number of hydrogen-bond donors (Lipinski definition) is 4. The van der Waals surface area contributed by atoms with Gasteiger partial charge in [-0.3, -0.25) is 10.2 Å². The summed E-state index contributed by atoms with van der Waals surface area (Å²) in [5, 5.41) is 11.3. The van der Waals surface area contributed by atoms with Gasteiger partial charge in [-0.05, 0) is 54.5 Å². The lowest BCUT2D eigenvalue weighted by Crippen LogP contribution is -2.13. The Hall–Kier alpha value is -4.43. The van der Waals surface area contributed by atoms with Crippen molar-refractivity contribution in [2.75, 3.05) is 11.1 Å². The lowest BCUT2D eigenvalue weighted by atomic mass is 9.97. The summed E-state index contributed by atoms with van der Waals surface area (Å²) in [5.74, 6) is 0.768. The first kappa shape index (κ1) is 22.8. The van der Waals surface area contributed by atoms with E-state index in [0.717, 1.165) is 27.3 Å². The normalized spacial score (nSPS) is 10.5. The van der Waals surface area contributed by atoms with Crippen molar-refractivity contribution in [2.45, 2.75) is 6.92 Å². The van der Waals surface area contributed by atoms with Crippen LogP contribution in [0.5, 0.6) is 11.6 Å². The maximum atomic E-state index is 11.6. The molecular weight excluding hydrogens is 446 g/mol. The van der Waals surface area contributed by atoms with E-state index >= 15 is 0 Å². The van der Waals surface area contributed by atoms with Crippen LogP contribution in [0.25, 0.3) is 21.6 Å². The minimum absolute atomic E-state index is 0.103. The highest BCUT2D eigenvalue weighted by atomic mass is 32.1. The zero-order valence-corrected chi connectivity index (χ0v) is 19.3. The van der Waals surface area contributed by atoms with Gasteiger partial charge >= 0.3 is 0 Å². The number of nitrogen functional groups attached to an aromatic ring is 2. The molecule has 6 N–H and O–H groups in total. The van der Waals surface area contributed by atoms with E-state index in [1.54, 1.807) is 18.2 Å². The van der Waals surface area contributed by atoms with Crippen molar-refractivity contribution in [3.63, 3.8) is 0 Å². The van der Waals surface area contributed by atoms with Gasteiger partial charge in [0, 0.05) is 27.9 Å². The van der Waals surface area contributed by atoms with Crippen LogP contribution in [-0.4, -0.2) is 16.7 Å². The van der Waals surface area contributed by atoms with Crippen molar-refractivity contribution in [1.29, 1.82) is 5.41 Å². The maximum absolute atomic E-state index is 11.6. The molecule has 7 nitrogen and oxygen atoms in total. The molecule has 0 aliphatic heterocycles. The van der Waals surface area contributed by atoms with E-state index < -0.39 is 0 Å². The second kappa shape index (κ2) is 9.60. The number of nitrogens with two attached hydrogens (primary N) is 2. The number of anilines is 2. The van der Waals surface area contributed by atoms with Gasteiger partial charge in [-0.1, -0.05) is 36.9 Å². The number of carbonyl (C=O) groups excluding carboxylic acids is 1. The topological polar surface area (TPSA) is 127 Å². The largest absolute Gasteiger partial charge is 0.439 e. The number of nitrogens with one attached hydrogen (secondary N) is 2. The monoisotopic (exact) mass is 469 g/mol. The van der Waals surface area contributed by atoms with Crippen LogP contribution in [0, 0.1) is 12.3 Å². The molecule has 170 valence electrons. The van der Waals surface area contributed by atoms with Gasteiger partial charge in [0.25, 0.3) is 0 Å². The molecule has 2 aromatic heterocycles. The Kier molecular flexibility index (Phi) is 6.42. The number of amidine groups is 1. The van der Waals surface area contributed by atoms with Gasteiger partial charge < -0.3 is 21.5 Å². The fourth-order valence-corrected chi connectivity index (χ4v) is 4.59. The van der Waals surface area contributed by atoms with E-state index in [2.05, 4.69) is 16.9 Å². The molecule has 8 heteroatoms. The zero-order valence-electron chi connectivity index (χ0n) is 18.5. The van der Waals surface area contributed by atoms with Gasteiger partial charge in [-0.25, -0.2) is 4.98 Å². The molecule has 34 heavy (non-hydrogen) atoms. The maximum Gasteiger partial charge on any atom is 0.247 e. The van der Waals surface area contributed by atoms with Gasteiger partial charge in [0.1, 0.15) is 11.6 Å². The average Bonchev–Trinajstić information content (AvgIpc) is 3.17. The first-order valence-corrected chi connectivity index (χ1v) is 11.2. The van der Waals surface area contributed by atoms with Gasteiger partial charge in [-0.2, -0.15) is 0 Å². The Morgan fingerprint density at radius 1 is 1.09 bits per heavy atom. The highest BCUT2D eigenvalue weighted by molar-refractivity contribution is 7.20. The van der Waals surface area contributed by atoms with E-state index in [4.69, 9.17) is 21.6 Å². The summed E-state index contributed by atoms with van der Waals surface area (Å²) in [6.07, 6.45) is 1.22. The van der Waals surface area contributed by atoms with Crippen LogP contribution in [0.15, 0.2) is 79.4 Å². The van der Waals surface area contributed by atoms with Crippen molar-refractivity contribution < 1.29 is 9.53 Å². The Morgan fingerprint density at radius 2 is 1.76 bits per heavy atom. The molecule has 0 radical (unpaired) electrons. The molecule has 4 aromatic rings. The van der Waals surface area contributed by atoms with Crippen LogP contribution in [0.2, 0.25) is 0 Å². The smallest absolute Gasteiger partial charge is 0.247 e. The number of ether oxygens (including phenoxy) is 1. The molecular formula is C26H23N5O2S. The lowest BCUT2D eigenvalue weighted by molar-refractivity contribution is -0.111. The van der Waals surface area contributed by atoms with Crippen LogP contribution in [0.3, 0.4) is 0 Å². The predicted octanol–water partition coefficient (Wildman–Crippen LogP) is 5.57. The third-order valence-electron chi connectivity index (χ3n) is 5.03. The number of hydrogen-bond acceptors (Lipinski definition) is 6. The molecule has 0 unspecified atom stereocenters. The van der Waals surface area contributed by atoms with Crippen LogP contribution in [0.4, 0.5) is 10.7 Å². The summed E-state index contributed by atoms with van der Waals surface area (Å²) in [7, 11) is 0. The minimum atomic E-state index is -0.282. The van der Waals surface area contributed by atoms with Gasteiger partial charge in [0.2, 0.25) is 11.8 Å². The molecule has 2 heterocycles. The molecule has 0 fully saturated rings. The lowest BCUT2D eigenvalue weighted by Gasteiger charge is -2.10. The van der Waals surface area contributed by atoms with E-state index in [1.165, 1.54) is 17.4 Å². The molecule has 1 amide bonds. The Morgan fingerprint density at radius 3 is 2.38 bits per heavy atom. The van der Waals surface area contributed by atoms with Crippen molar-refractivity contribution in [2.24, 2.45) is 5.73 Å². The van der Waals surface area contributed by atoms with Gasteiger partial charge in [0.15, 0.2) is 0 Å². The fraction of sp³-hybridized carbons (Fsp3) is 0.0385. The number of rotatable bonds is 7. The number of amides is 1. The van der Waals surface area contributed by atoms with E-state index in [0.29, 0.717) is 27.9 Å². The number of carbonyl (C=O) groups is 1. The third-order valence-corrected chi connectivity index (χ3v) is 6.10. The van der Waals surface area contributed by atoms with Crippen LogP contribution < -0.4 is 21.5 Å². The average molecular weight is 470 g/mol. The van der Waals surface area contributed by atoms with E-state index in [9.17, 15) is 4.79 Å². The number of benzene rings is 2. The third kappa shape index (κ3) is 4.82. The van der Waals surface area contributed by atoms with Crippen LogP contribution >= 0.6 is 11.3 Å². The summed E-state index contributed by atoms with van der Waals surface area (Å²) < 4.78 is 5.86. The minimum Gasteiger partial charge on any atom is -0.439 e. The summed E-state index contributed by atoms with van der Waals surface area (Å²) in [6, 6.07) is 20.5. The first-order valence-electron chi connectivity index (χ1n) is 10.4. The molecule has 0 atom stereocenters. The van der Waals surface area contributed by atoms with Crippen LogP contribution in [0.1, 0.15) is 11.3 Å². The summed E-state index contributed by atoms with van der Waals surface area (Å²) in [6.45, 7) is 5.37. The van der Waals surface area contributed by atoms with Crippen molar-refractivity contribution >= 4 is 33.8 Å². The van der Waals surface area contributed by atoms with Crippen molar-refractivity contribution in [1.82, 2.24) is 4.98 Å². The summed E-state index contributed by atoms with van der Waals surface area (Å²) >= 11 is 1.36. The Balaban J connectivity index is 1.70. The standard InChI is InChI=1S/C26H23N5O2S/c1-3-20(32)31-18-11-7-17(8-12-18)24-22(23(25(27)28)26(29)34-24)16-9-13-19(14-10-16)33-21-6-4-5-15(2)30-21/h3-14H,1,29H2,2H3,(H3,27,28)(H,31,32). The second-order valence-electron chi connectivity index (χ2n) is 7.47. The number of aryl methyl sites for hydroxylation is 1. The Labute approximate surface area is 201 Å². The van der Waals surface area contributed by atoms with E-state index in [-0.39, 0.29) is 11.7 Å². The number of aromatic nitrogens is 1. The van der Waals surface area contributed by atoms with E-state index in [1.807, 2.05) is 55.5 Å².